The van der Waals surface area contributed by atoms with Gasteiger partial charge in [0.05, 0.1) is 18.6 Å². The number of aryl methyl sites for hydroxylation is 1. The van der Waals surface area contributed by atoms with E-state index in [1.165, 1.54) is 5.56 Å². The molecular weight excluding hydrogens is 388 g/mol. The zero-order chi connectivity index (χ0) is 21.1. The Morgan fingerprint density at radius 2 is 1.83 bits per heavy atom. The van der Waals surface area contributed by atoms with Crippen molar-refractivity contribution in [2.45, 2.75) is 25.2 Å². The van der Waals surface area contributed by atoms with E-state index in [1.54, 1.807) is 37.4 Å². The molecule has 2 aromatic rings. The number of methoxy groups -OCH3 is 1. The fourth-order valence-electron chi connectivity index (χ4n) is 2.79. The molecule has 0 heterocycles. The maximum absolute atomic E-state index is 12.2. The highest BCUT2D eigenvalue weighted by molar-refractivity contribution is 7.89. The number of nitrogens with zero attached hydrogens (tertiary/aromatic N) is 1. The van der Waals surface area contributed by atoms with Gasteiger partial charge in [0.2, 0.25) is 10.0 Å². The molecule has 0 saturated carbocycles. The number of hydrogen-bond acceptors (Lipinski definition) is 4. The van der Waals surface area contributed by atoms with Crippen LogP contribution < -0.4 is 20.1 Å². The van der Waals surface area contributed by atoms with Crippen LogP contribution in [0.5, 0.6) is 5.75 Å². The summed E-state index contributed by atoms with van der Waals surface area (Å²) in [5, 5.41) is 6.44. The predicted molar refractivity (Wildman–Crippen MR) is 117 cm³/mol. The number of aliphatic imine (C=N–C) groups is 1. The molecule has 0 fully saturated rings. The monoisotopic (exact) mass is 418 g/mol. The summed E-state index contributed by atoms with van der Waals surface area (Å²) < 4.78 is 32.4. The summed E-state index contributed by atoms with van der Waals surface area (Å²) in [7, 11) is -1.84. The first kappa shape index (κ1) is 22.7. The third kappa shape index (κ3) is 7.40. The van der Waals surface area contributed by atoms with Gasteiger partial charge in [0.15, 0.2) is 5.96 Å². The summed E-state index contributed by atoms with van der Waals surface area (Å²) in [4.78, 5) is 4.69. The third-order valence-corrected chi connectivity index (χ3v) is 5.67. The lowest BCUT2D eigenvalue weighted by Gasteiger charge is -2.13. The van der Waals surface area contributed by atoms with Crippen molar-refractivity contribution in [1.82, 2.24) is 15.4 Å². The van der Waals surface area contributed by atoms with Crippen LogP contribution in [0.25, 0.3) is 0 Å². The van der Waals surface area contributed by atoms with Gasteiger partial charge in [-0.2, -0.15) is 0 Å². The molecule has 7 nitrogen and oxygen atoms in total. The minimum Gasteiger partial charge on any atom is -0.496 e. The van der Waals surface area contributed by atoms with Crippen molar-refractivity contribution in [2.75, 3.05) is 33.3 Å². The van der Waals surface area contributed by atoms with Crippen LogP contribution in [0.3, 0.4) is 0 Å². The summed E-state index contributed by atoms with van der Waals surface area (Å²) in [6.07, 6.45) is 0.788. The van der Waals surface area contributed by atoms with Gasteiger partial charge in [-0.1, -0.05) is 35.9 Å². The molecule has 0 unspecified atom stereocenters. The predicted octanol–water partition coefficient (Wildman–Crippen LogP) is 2.08. The average molecular weight is 419 g/mol. The average Bonchev–Trinajstić information content (AvgIpc) is 2.72. The minimum atomic E-state index is -3.51. The summed E-state index contributed by atoms with van der Waals surface area (Å²) >= 11 is 0. The second-order valence-electron chi connectivity index (χ2n) is 6.46. The number of ether oxygens (including phenoxy) is 1. The zero-order valence-electron chi connectivity index (χ0n) is 17.2. The van der Waals surface area contributed by atoms with Crippen LogP contribution in [0, 0.1) is 6.92 Å². The van der Waals surface area contributed by atoms with E-state index >= 15 is 0 Å². The summed E-state index contributed by atoms with van der Waals surface area (Å²) in [6, 6.07) is 14.4. The van der Waals surface area contributed by atoms with Crippen molar-refractivity contribution in [3.8, 4) is 5.75 Å². The van der Waals surface area contributed by atoms with Crippen LogP contribution in [0.2, 0.25) is 0 Å². The standard InChI is InChI=1S/C21H30N4O3S/c1-4-22-21(23-13-12-18-16-17(2)10-11-20(18)28-3)24-14-15-25-29(26,27)19-8-6-5-7-9-19/h5-11,16,25H,4,12-15H2,1-3H3,(H2,22,23,24). The maximum atomic E-state index is 12.2. The number of hydrogen-bond donors (Lipinski definition) is 3. The smallest absolute Gasteiger partial charge is 0.240 e. The largest absolute Gasteiger partial charge is 0.496 e. The van der Waals surface area contributed by atoms with Crippen molar-refractivity contribution in [3.05, 3.63) is 59.7 Å². The summed E-state index contributed by atoms with van der Waals surface area (Å²) in [5.74, 6) is 1.52. The van der Waals surface area contributed by atoms with E-state index in [4.69, 9.17) is 4.74 Å². The zero-order valence-corrected chi connectivity index (χ0v) is 18.1. The number of benzene rings is 2. The molecule has 0 aromatic heterocycles. The Morgan fingerprint density at radius 1 is 1.07 bits per heavy atom. The number of sulfonamides is 1. The van der Waals surface area contributed by atoms with E-state index in [0.29, 0.717) is 19.0 Å². The fourth-order valence-corrected chi connectivity index (χ4v) is 3.83. The number of guanidine groups is 1. The molecule has 0 saturated heterocycles. The van der Waals surface area contributed by atoms with E-state index in [-0.39, 0.29) is 11.4 Å². The molecule has 0 aliphatic heterocycles. The Kier molecular flexibility index (Phi) is 8.95. The molecule has 0 spiro atoms. The molecule has 8 heteroatoms. The van der Waals surface area contributed by atoms with Gasteiger partial charge in [-0.3, -0.25) is 4.99 Å². The lowest BCUT2D eigenvalue weighted by Crippen LogP contribution is -2.39. The first-order chi connectivity index (χ1) is 14.0. The molecular formula is C21H30N4O3S. The van der Waals surface area contributed by atoms with Gasteiger partial charge in [0.1, 0.15) is 5.75 Å². The Morgan fingerprint density at radius 3 is 2.52 bits per heavy atom. The van der Waals surface area contributed by atoms with Gasteiger partial charge in [-0.25, -0.2) is 13.1 Å². The number of rotatable bonds is 10. The van der Waals surface area contributed by atoms with Gasteiger partial charge in [-0.15, -0.1) is 0 Å². The molecule has 0 atom stereocenters. The molecule has 0 bridgehead atoms. The molecule has 0 aliphatic carbocycles. The molecule has 0 aliphatic rings. The van der Waals surface area contributed by atoms with Gasteiger partial charge < -0.3 is 15.4 Å². The highest BCUT2D eigenvalue weighted by Gasteiger charge is 2.11. The van der Waals surface area contributed by atoms with Gasteiger partial charge >= 0.3 is 0 Å². The molecule has 158 valence electrons. The third-order valence-electron chi connectivity index (χ3n) is 4.19. The van der Waals surface area contributed by atoms with Crippen molar-refractivity contribution in [1.29, 1.82) is 0 Å². The van der Waals surface area contributed by atoms with Crippen molar-refractivity contribution < 1.29 is 13.2 Å². The van der Waals surface area contributed by atoms with E-state index in [0.717, 1.165) is 24.3 Å². The lowest BCUT2D eigenvalue weighted by atomic mass is 10.1. The Bertz CT molecular complexity index is 899. The molecule has 29 heavy (non-hydrogen) atoms. The van der Waals surface area contributed by atoms with Crippen LogP contribution in [-0.4, -0.2) is 47.7 Å². The Balaban J connectivity index is 1.86. The van der Waals surface area contributed by atoms with Crippen LogP contribution in [0.15, 0.2) is 58.4 Å². The van der Waals surface area contributed by atoms with Crippen molar-refractivity contribution in [3.63, 3.8) is 0 Å². The first-order valence-electron chi connectivity index (χ1n) is 9.66. The lowest BCUT2D eigenvalue weighted by molar-refractivity contribution is 0.409. The first-order valence-corrected chi connectivity index (χ1v) is 11.1. The van der Waals surface area contributed by atoms with Gasteiger partial charge in [0, 0.05) is 19.6 Å². The molecule has 2 aromatic carbocycles. The SMILES string of the molecule is CCNC(=NCCNS(=O)(=O)c1ccccc1)NCCc1cc(C)ccc1OC. The van der Waals surface area contributed by atoms with E-state index in [2.05, 4.69) is 33.3 Å². The van der Waals surface area contributed by atoms with Crippen LogP contribution in [0.1, 0.15) is 18.1 Å². The summed E-state index contributed by atoms with van der Waals surface area (Å²) in [5.41, 5.74) is 2.32. The molecule has 2 rings (SSSR count). The Hall–Kier alpha value is -2.58. The second-order valence-corrected chi connectivity index (χ2v) is 8.23. The van der Waals surface area contributed by atoms with E-state index in [9.17, 15) is 8.42 Å². The van der Waals surface area contributed by atoms with E-state index < -0.39 is 10.0 Å². The minimum absolute atomic E-state index is 0.222. The van der Waals surface area contributed by atoms with E-state index in [1.807, 2.05) is 19.1 Å². The van der Waals surface area contributed by atoms with Gasteiger partial charge in [0.25, 0.3) is 0 Å². The fraction of sp³-hybridized carbons (Fsp3) is 0.381. The van der Waals surface area contributed by atoms with Gasteiger partial charge in [-0.05, 0) is 44.0 Å². The van der Waals surface area contributed by atoms with Crippen LogP contribution >= 0.6 is 0 Å². The Labute approximate surface area is 173 Å². The van der Waals surface area contributed by atoms with Crippen LogP contribution in [-0.2, 0) is 16.4 Å². The van der Waals surface area contributed by atoms with Crippen LogP contribution in [0.4, 0.5) is 0 Å². The maximum Gasteiger partial charge on any atom is 0.240 e. The molecule has 0 amide bonds. The normalized spacial score (nSPS) is 11.9. The quantitative estimate of drug-likeness (QED) is 0.312. The summed E-state index contributed by atoms with van der Waals surface area (Å²) in [6.45, 7) is 5.99. The number of nitrogens with one attached hydrogen (secondary N) is 3. The second kappa shape index (κ2) is 11.4. The highest BCUT2D eigenvalue weighted by Crippen LogP contribution is 2.19. The molecule has 0 radical (unpaired) electrons. The topological polar surface area (TPSA) is 91.8 Å². The van der Waals surface area contributed by atoms with Crippen molar-refractivity contribution in [2.24, 2.45) is 4.99 Å². The highest BCUT2D eigenvalue weighted by atomic mass is 32.2. The van der Waals surface area contributed by atoms with Crippen molar-refractivity contribution >= 4 is 16.0 Å². The molecule has 3 N–H and O–H groups in total.